The number of amides is 1. The van der Waals surface area contributed by atoms with Crippen molar-refractivity contribution >= 4 is 22.5 Å². The Bertz CT molecular complexity index is 2300. The van der Waals surface area contributed by atoms with Crippen LogP contribution in [-0.4, -0.2) is 52.5 Å². The Labute approximate surface area is 422 Å². The lowest BCUT2D eigenvalue weighted by Crippen LogP contribution is -2.59. The van der Waals surface area contributed by atoms with Gasteiger partial charge in [-0.2, -0.15) is 0 Å². The summed E-state index contributed by atoms with van der Waals surface area (Å²) in [5, 5.41) is 13.8. The van der Waals surface area contributed by atoms with Crippen molar-refractivity contribution in [2.45, 2.75) is 193 Å². The molecule has 0 heterocycles. The lowest BCUT2D eigenvalue weighted by Gasteiger charge is -2.47. The topological polar surface area (TPSA) is 67.8 Å². The summed E-state index contributed by atoms with van der Waals surface area (Å²) in [5.41, 5.74) is 0. The van der Waals surface area contributed by atoms with Crippen LogP contribution in [0.1, 0.15) is 173 Å². The highest BCUT2D eigenvalue weighted by atomic mass is 28.4. The van der Waals surface area contributed by atoms with E-state index in [2.05, 4.69) is 216 Å². The average molecular weight is 925 g/mol. The number of hydrogen-bond acceptors (Lipinski definition) is 4. The third-order valence-electron chi connectivity index (χ3n) is 10.8. The molecular weight excluding hydrogens is 807 g/mol. The maximum atomic E-state index is 13.3. The fraction of sp³-hybridized carbons (Fsp3) is 0.554. The van der Waals surface area contributed by atoms with Crippen molar-refractivity contribution in [3.05, 3.63) is 0 Å². The standard InChI is InChI=1S/C56H69NO4Si2.24H2/c1-13-15-17-19-21-23-25-27-28-29-30-31-32-33-34-35-36-37-39-41-43-45-47-49-53(59)57-51(50-58)54(61-63(11,12)56(6,7)8)52(60-62(9,10)55(3,4)5)48-46-44-42-40-38-26-24-22-20-18-16-14-2;;;;;;;;;;;;;;;;;;;;;;;;/h1,51-52,54,58H,14,16,18,20,22,24,26,38,40,42,44,46,48-50H2,2-12H3,(H,57,59);24*1H/t51-,52+,54-;;;;;;;;;;;;;;;;;;;;;;;;/m0......................../s1. The van der Waals surface area contributed by atoms with Crippen LogP contribution in [0, 0.1) is 143 Å². The molecule has 0 aromatic heterocycles. The zero-order valence-corrected chi connectivity index (χ0v) is 42.1. The first-order valence-corrected chi connectivity index (χ1v) is 27.9. The van der Waals surface area contributed by atoms with E-state index >= 15 is 0 Å². The Morgan fingerprint density at radius 2 is 0.889 bits per heavy atom. The molecule has 7 heteroatoms. The van der Waals surface area contributed by atoms with Crippen molar-refractivity contribution in [1.29, 1.82) is 0 Å². The molecule has 2 N–H and O–H groups in total. The van der Waals surface area contributed by atoms with E-state index in [1.807, 2.05) is 0 Å². The van der Waals surface area contributed by atoms with E-state index in [0.717, 1.165) is 19.3 Å². The molecule has 378 valence electrons. The van der Waals surface area contributed by atoms with Gasteiger partial charge in [-0.15, -0.1) is 6.42 Å². The Morgan fingerprint density at radius 1 is 0.556 bits per heavy atom. The van der Waals surface area contributed by atoms with Gasteiger partial charge in [0.15, 0.2) is 16.6 Å². The van der Waals surface area contributed by atoms with Gasteiger partial charge < -0.3 is 19.3 Å². The van der Waals surface area contributed by atoms with Gasteiger partial charge in [0.05, 0.1) is 31.3 Å². The number of hydrogen-bond donors (Lipinski definition) is 2. The van der Waals surface area contributed by atoms with Gasteiger partial charge in [0, 0.05) is 69.8 Å². The molecule has 0 rings (SSSR count). The van der Waals surface area contributed by atoms with E-state index in [0.29, 0.717) is 0 Å². The third kappa shape index (κ3) is 29.4. The number of rotatable bonds is 22. The van der Waals surface area contributed by atoms with E-state index < -0.39 is 28.8 Å². The Balaban J connectivity index is -0.0000000696. The number of carbonyl (C=O) groups excluding carboxylic acids is 1. The largest absolute Gasteiger partial charge is 0.411 e. The molecule has 0 aromatic rings. The summed E-state index contributed by atoms with van der Waals surface area (Å²) >= 11 is 0. The monoisotopic (exact) mass is 924 g/mol. The number of aliphatic hydroxyl groups is 1. The molecule has 0 fully saturated rings. The zero-order chi connectivity index (χ0) is 47.3. The van der Waals surface area contributed by atoms with Crippen molar-refractivity contribution in [3.8, 4) is 143 Å². The minimum atomic E-state index is -2.37. The second-order valence-electron chi connectivity index (χ2n) is 17.9. The van der Waals surface area contributed by atoms with Crippen LogP contribution < -0.4 is 5.32 Å². The summed E-state index contributed by atoms with van der Waals surface area (Å²) in [6.45, 7) is 24.2. The summed E-state index contributed by atoms with van der Waals surface area (Å²) in [6, 6.07) is -0.671. The van der Waals surface area contributed by atoms with Crippen LogP contribution in [0.2, 0.25) is 36.3 Å². The van der Waals surface area contributed by atoms with Gasteiger partial charge in [-0.3, -0.25) is 4.79 Å². The Kier molecular flexibility index (Phi) is 31.1. The molecule has 5 nitrogen and oxygen atoms in total. The molecule has 0 unspecified atom stereocenters. The highest BCUT2D eigenvalue weighted by Crippen LogP contribution is 2.41. The van der Waals surface area contributed by atoms with Crippen LogP contribution in [0.5, 0.6) is 0 Å². The quantitative estimate of drug-likeness (QED) is 0.0645. The van der Waals surface area contributed by atoms with E-state index in [9.17, 15) is 9.90 Å². The van der Waals surface area contributed by atoms with E-state index in [-0.39, 0.29) is 69.4 Å². The maximum absolute atomic E-state index is 13.3. The van der Waals surface area contributed by atoms with Crippen molar-refractivity contribution in [1.82, 2.24) is 5.32 Å². The fourth-order valence-corrected chi connectivity index (χ4v) is 7.97. The van der Waals surface area contributed by atoms with E-state index in [4.69, 9.17) is 15.3 Å². The van der Waals surface area contributed by atoms with Crippen LogP contribution in [0.15, 0.2) is 0 Å². The van der Waals surface area contributed by atoms with E-state index in [1.54, 1.807) is 0 Å². The number of nitrogens with one attached hydrogen (secondary N) is 1. The third-order valence-corrected chi connectivity index (χ3v) is 19.8. The molecule has 3 atom stereocenters. The van der Waals surface area contributed by atoms with Gasteiger partial charge in [0.1, 0.15) is 0 Å². The second-order valence-corrected chi connectivity index (χ2v) is 27.4. The molecule has 0 aliphatic heterocycles. The van der Waals surface area contributed by atoms with Crippen LogP contribution >= 0.6 is 0 Å². The molecule has 0 saturated heterocycles. The van der Waals surface area contributed by atoms with Crippen LogP contribution in [0.4, 0.5) is 0 Å². The SMILES string of the molecule is C#CC#CC#CC#CC#CC#CC#CC#CC#CC#CC#CC#CCC(=O)N[C@@H](CO)[C@H](O[Si](C)(C)C(C)(C)C)[C@@H](CCCCCCCCCCCCCC)O[Si](C)(C)C(C)(C)C.[HH].[HH].[HH].[HH].[HH].[HH].[HH].[HH].[HH].[HH].[HH].[HH].[HH].[HH].[HH].[HH].[HH].[HH].[HH].[HH].[HH].[HH].[HH].[HH]. The molecule has 0 bridgehead atoms. The molecule has 0 aliphatic rings. The number of carbonyl (C=O) groups is 1. The van der Waals surface area contributed by atoms with E-state index in [1.165, 1.54) is 64.2 Å². The predicted octanol–water partition coefficient (Wildman–Crippen LogP) is 15.3. The smallest absolute Gasteiger partial charge is 0.232 e. The normalized spacial score (nSPS) is 11.3. The van der Waals surface area contributed by atoms with Crippen LogP contribution in [-0.2, 0) is 13.6 Å². The number of terminal acetylenes is 1. The molecular formula is C56H117NO4Si2. The minimum Gasteiger partial charge on any atom is -0.411 e. The molecule has 0 aromatic carbocycles. The molecule has 0 radical (unpaired) electrons. The van der Waals surface area contributed by atoms with Gasteiger partial charge in [0.25, 0.3) is 0 Å². The first-order valence-electron chi connectivity index (χ1n) is 22.1. The number of unbranched alkanes of at least 4 members (excludes halogenated alkanes) is 11. The van der Waals surface area contributed by atoms with Crippen molar-refractivity contribution < 1.29 is 53.0 Å². The van der Waals surface area contributed by atoms with Gasteiger partial charge >= 0.3 is 0 Å². The fourth-order valence-electron chi connectivity index (χ4n) is 5.25. The molecule has 1 amide bonds. The lowest BCUT2D eigenvalue weighted by atomic mass is 9.99. The van der Waals surface area contributed by atoms with Crippen molar-refractivity contribution in [2.75, 3.05) is 6.61 Å². The summed E-state index contributed by atoms with van der Waals surface area (Å²) in [6.07, 6.45) is 20.1. The summed E-state index contributed by atoms with van der Waals surface area (Å²) in [4.78, 5) is 13.3. The maximum Gasteiger partial charge on any atom is 0.232 e. The molecule has 0 aliphatic carbocycles. The average Bonchev–Trinajstić information content (AvgIpc) is 3.21. The summed E-state index contributed by atoms with van der Waals surface area (Å²) in [7, 11) is -4.63. The van der Waals surface area contributed by atoms with Gasteiger partial charge in [0.2, 0.25) is 5.91 Å². The molecule has 0 saturated carbocycles. The Hall–Kier alpha value is -5.50. The van der Waals surface area contributed by atoms with Crippen LogP contribution in [0.3, 0.4) is 0 Å². The first kappa shape index (κ1) is 57.5. The van der Waals surface area contributed by atoms with Gasteiger partial charge in [-0.1, -0.05) is 131 Å². The van der Waals surface area contributed by atoms with Gasteiger partial charge in [-0.05, 0) is 137 Å². The number of aliphatic hydroxyl groups excluding tert-OH is 1. The van der Waals surface area contributed by atoms with Gasteiger partial charge in [-0.25, -0.2) is 0 Å². The first-order chi connectivity index (χ1) is 29.9. The highest BCUT2D eigenvalue weighted by Gasteiger charge is 2.46. The van der Waals surface area contributed by atoms with Crippen molar-refractivity contribution in [2.24, 2.45) is 0 Å². The minimum absolute atomic E-state index is 0. The second kappa shape index (κ2) is 34.0. The zero-order valence-electron chi connectivity index (χ0n) is 40.1. The van der Waals surface area contributed by atoms with Crippen molar-refractivity contribution in [3.63, 3.8) is 0 Å². The highest BCUT2D eigenvalue weighted by molar-refractivity contribution is 6.74. The van der Waals surface area contributed by atoms with Crippen LogP contribution in [0.25, 0.3) is 0 Å². The molecule has 63 heavy (non-hydrogen) atoms. The lowest BCUT2D eigenvalue weighted by molar-refractivity contribution is -0.122. The Morgan fingerprint density at radius 3 is 1.24 bits per heavy atom. The predicted molar refractivity (Wildman–Crippen MR) is 319 cm³/mol. The summed E-state index contributed by atoms with van der Waals surface area (Å²) < 4.78 is 14.3. The molecule has 0 spiro atoms. The summed E-state index contributed by atoms with van der Waals surface area (Å²) in [5.74, 6) is 57.7.